The lowest BCUT2D eigenvalue weighted by atomic mass is 10.3. The number of aromatic nitrogens is 1. The second-order valence-electron chi connectivity index (χ2n) is 3.60. The van der Waals surface area contributed by atoms with E-state index in [9.17, 15) is 8.42 Å². The fourth-order valence-electron chi connectivity index (χ4n) is 1.34. The van der Waals surface area contributed by atoms with Crippen molar-refractivity contribution in [1.82, 2.24) is 4.98 Å². The van der Waals surface area contributed by atoms with E-state index in [4.69, 9.17) is 5.73 Å². The monoisotopic (exact) mass is 243 g/mol. The van der Waals surface area contributed by atoms with E-state index < -0.39 is 15.3 Å². The Hall–Kier alpha value is -1.14. The topological polar surface area (TPSA) is 85.1 Å². The Morgan fingerprint density at radius 1 is 1.56 bits per heavy atom. The summed E-state index contributed by atoms with van der Waals surface area (Å²) in [6, 6.07) is 1.64. The van der Waals surface area contributed by atoms with Crippen LogP contribution in [0, 0.1) is 6.92 Å². The maximum atomic E-state index is 11.9. The average Bonchev–Trinajstić information content (AvgIpc) is 2.22. The summed E-state index contributed by atoms with van der Waals surface area (Å²) in [5, 5.41) is -0.555. The molecule has 5 nitrogen and oxygen atoms in total. The van der Waals surface area contributed by atoms with Crippen molar-refractivity contribution in [1.29, 1.82) is 0 Å². The average molecular weight is 243 g/mol. The molecule has 0 aliphatic rings. The van der Waals surface area contributed by atoms with Crippen LogP contribution < -0.4 is 10.5 Å². The maximum absolute atomic E-state index is 11.9. The van der Waals surface area contributed by atoms with Gasteiger partial charge in [0.15, 0.2) is 0 Å². The standard InChI is InChI=1S/C10H17N3O2S/c1-3-9(6-11)16(14,15)13-10-4-5-12-7-8(10)2/h4-5,7,9H,3,6,11H2,1-2H3,(H,12,13). The minimum absolute atomic E-state index is 0.121. The molecule has 1 aromatic heterocycles. The molecular weight excluding hydrogens is 226 g/mol. The van der Waals surface area contributed by atoms with Crippen molar-refractivity contribution in [3.05, 3.63) is 24.0 Å². The van der Waals surface area contributed by atoms with Gasteiger partial charge in [-0.05, 0) is 25.0 Å². The largest absolute Gasteiger partial charge is 0.329 e. The van der Waals surface area contributed by atoms with Gasteiger partial charge in [0.25, 0.3) is 0 Å². The van der Waals surface area contributed by atoms with Crippen LogP contribution in [-0.4, -0.2) is 25.2 Å². The van der Waals surface area contributed by atoms with Crippen LogP contribution in [0.1, 0.15) is 18.9 Å². The van der Waals surface area contributed by atoms with Gasteiger partial charge in [-0.2, -0.15) is 0 Å². The molecule has 6 heteroatoms. The predicted octanol–water partition coefficient (Wildman–Crippen LogP) is 0.869. The first kappa shape index (κ1) is 12.9. The zero-order valence-corrected chi connectivity index (χ0v) is 10.3. The summed E-state index contributed by atoms with van der Waals surface area (Å²) in [4.78, 5) is 3.90. The van der Waals surface area contributed by atoms with E-state index in [0.29, 0.717) is 12.1 Å². The molecule has 0 spiro atoms. The number of aryl methyl sites for hydroxylation is 1. The molecule has 0 radical (unpaired) electrons. The first-order chi connectivity index (χ1) is 7.51. The lowest BCUT2D eigenvalue weighted by molar-refractivity contribution is 0.581. The molecule has 1 heterocycles. The number of nitrogens with one attached hydrogen (secondary N) is 1. The lowest BCUT2D eigenvalue weighted by Crippen LogP contribution is -2.33. The van der Waals surface area contributed by atoms with Crippen molar-refractivity contribution < 1.29 is 8.42 Å². The second kappa shape index (κ2) is 5.27. The summed E-state index contributed by atoms with van der Waals surface area (Å²) in [7, 11) is -3.40. The molecule has 0 saturated carbocycles. The van der Waals surface area contributed by atoms with E-state index >= 15 is 0 Å². The maximum Gasteiger partial charge on any atom is 0.236 e. The fourth-order valence-corrected chi connectivity index (χ4v) is 2.73. The lowest BCUT2D eigenvalue weighted by Gasteiger charge is -2.16. The summed E-state index contributed by atoms with van der Waals surface area (Å²) >= 11 is 0. The minimum atomic E-state index is -3.40. The highest BCUT2D eigenvalue weighted by Gasteiger charge is 2.22. The summed E-state index contributed by atoms with van der Waals surface area (Å²) in [5.41, 5.74) is 6.78. The highest BCUT2D eigenvalue weighted by molar-refractivity contribution is 7.93. The second-order valence-corrected chi connectivity index (χ2v) is 5.56. The number of anilines is 1. The van der Waals surface area contributed by atoms with Gasteiger partial charge in [0, 0.05) is 18.9 Å². The number of sulfonamides is 1. The molecule has 0 amide bonds. The molecular formula is C10H17N3O2S. The highest BCUT2D eigenvalue weighted by atomic mass is 32.2. The Morgan fingerprint density at radius 2 is 2.25 bits per heavy atom. The van der Waals surface area contributed by atoms with E-state index in [1.54, 1.807) is 32.3 Å². The first-order valence-corrected chi connectivity index (χ1v) is 6.68. The van der Waals surface area contributed by atoms with Crippen molar-refractivity contribution in [2.75, 3.05) is 11.3 Å². The Balaban J connectivity index is 2.93. The van der Waals surface area contributed by atoms with Crippen LogP contribution in [0.3, 0.4) is 0 Å². The predicted molar refractivity (Wildman–Crippen MR) is 64.6 cm³/mol. The Labute approximate surface area is 96.1 Å². The third-order valence-corrected chi connectivity index (χ3v) is 4.34. The summed E-state index contributed by atoms with van der Waals surface area (Å²) < 4.78 is 26.3. The summed E-state index contributed by atoms with van der Waals surface area (Å²) in [6.07, 6.45) is 3.66. The van der Waals surface area contributed by atoms with Gasteiger partial charge in [-0.1, -0.05) is 6.92 Å². The molecule has 0 aromatic carbocycles. The Bertz CT molecular complexity index is 441. The van der Waals surface area contributed by atoms with Gasteiger partial charge in [0.2, 0.25) is 10.0 Å². The van der Waals surface area contributed by atoms with Gasteiger partial charge in [0.05, 0.1) is 10.9 Å². The van der Waals surface area contributed by atoms with Crippen molar-refractivity contribution in [2.45, 2.75) is 25.5 Å². The molecule has 0 aliphatic carbocycles. The van der Waals surface area contributed by atoms with Gasteiger partial charge >= 0.3 is 0 Å². The van der Waals surface area contributed by atoms with Crippen LogP contribution in [0.5, 0.6) is 0 Å². The molecule has 0 aliphatic heterocycles. The number of hydrogen-bond acceptors (Lipinski definition) is 4. The SMILES string of the molecule is CCC(CN)S(=O)(=O)Nc1ccncc1C. The van der Waals surface area contributed by atoms with Gasteiger partial charge in [0.1, 0.15) is 0 Å². The molecule has 90 valence electrons. The van der Waals surface area contributed by atoms with E-state index in [-0.39, 0.29) is 6.54 Å². The quantitative estimate of drug-likeness (QED) is 0.803. The van der Waals surface area contributed by atoms with Crippen LogP contribution in [0.2, 0.25) is 0 Å². The first-order valence-electron chi connectivity index (χ1n) is 5.13. The van der Waals surface area contributed by atoms with Crippen molar-refractivity contribution >= 4 is 15.7 Å². The third-order valence-electron chi connectivity index (χ3n) is 2.43. The molecule has 0 bridgehead atoms. The molecule has 1 atom stereocenters. The third kappa shape index (κ3) is 2.93. The zero-order valence-electron chi connectivity index (χ0n) is 9.47. The summed E-state index contributed by atoms with van der Waals surface area (Å²) in [5.74, 6) is 0. The van der Waals surface area contributed by atoms with Gasteiger partial charge < -0.3 is 5.73 Å². The van der Waals surface area contributed by atoms with Gasteiger partial charge in [-0.25, -0.2) is 8.42 Å². The van der Waals surface area contributed by atoms with Crippen LogP contribution in [-0.2, 0) is 10.0 Å². The Morgan fingerprint density at radius 3 is 2.75 bits per heavy atom. The smallest absolute Gasteiger partial charge is 0.236 e. The summed E-state index contributed by atoms with van der Waals surface area (Å²) in [6.45, 7) is 3.72. The molecule has 1 aromatic rings. The highest BCUT2D eigenvalue weighted by Crippen LogP contribution is 2.16. The van der Waals surface area contributed by atoms with E-state index in [1.165, 1.54) is 0 Å². The molecule has 1 unspecified atom stereocenters. The van der Waals surface area contributed by atoms with Crippen LogP contribution >= 0.6 is 0 Å². The number of rotatable bonds is 5. The minimum Gasteiger partial charge on any atom is -0.329 e. The number of nitrogens with two attached hydrogens (primary N) is 1. The zero-order chi connectivity index (χ0) is 12.2. The fraction of sp³-hybridized carbons (Fsp3) is 0.500. The molecule has 16 heavy (non-hydrogen) atoms. The Kier molecular flexibility index (Phi) is 4.26. The van der Waals surface area contributed by atoms with E-state index in [2.05, 4.69) is 9.71 Å². The van der Waals surface area contributed by atoms with Crippen molar-refractivity contribution in [3.63, 3.8) is 0 Å². The molecule has 3 N–H and O–H groups in total. The van der Waals surface area contributed by atoms with Crippen LogP contribution in [0.15, 0.2) is 18.5 Å². The molecule has 1 rings (SSSR count). The van der Waals surface area contributed by atoms with E-state index in [1.807, 2.05) is 0 Å². The van der Waals surface area contributed by atoms with E-state index in [0.717, 1.165) is 5.56 Å². The van der Waals surface area contributed by atoms with Crippen LogP contribution in [0.25, 0.3) is 0 Å². The normalized spacial score (nSPS) is 13.4. The number of nitrogens with zero attached hydrogens (tertiary/aromatic N) is 1. The molecule has 0 saturated heterocycles. The van der Waals surface area contributed by atoms with Gasteiger partial charge in [-0.3, -0.25) is 9.71 Å². The van der Waals surface area contributed by atoms with Crippen molar-refractivity contribution in [2.24, 2.45) is 5.73 Å². The van der Waals surface area contributed by atoms with Gasteiger partial charge in [-0.15, -0.1) is 0 Å². The number of pyridine rings is 1. The molecule has 0 fully saturated rings. The number of hydrogen-bond donors (Lipinski definition) is 2. The van der Waals surface area contributed by atoms with Crippen LogP contribution in [0.4, 0.5) is 5.69 Å². The van der Waals surface area contributed by atoms with Crippen molar-refractivity contribution in [3.8, 4) is 0 Å².